The highest BCUT2D eigenvalue weighted by Gasteiger charge is 2.29. The van der Waals surface area contributed by atoms with Crippen LogP contribution in [0.1, 0.15) is 16.7 Å². The van der Waals surface area contributed by atoms with E-state index in [1.807, 2.05) is 109 Å². The third-order valence-electron chi connectivity index (χ3n) is 6.38. The van der Waals surface area contributed by atoms with Gasteiger partial charge in [0.05, 0.1) is 0 Å². The van der Waals surface area contributed by atoms with Crippen LogP contribution < -0.4 is 20.7 Å². The third kappa shape index (κ3) is 3.83. The number of fused-ring (bicyclic) bond motifs is 2. The van der Waals surface area contributed by atoms with Gasteiger partial charge in [-0.3, -0.25) is 0 Å². The Bertz CT molecular complexity index is 1480. The van der Waals surface area contributed by atoms with E-state index in [1.165, 1.54) is 0 Å². The molecule has 2 nitrogen and oxygen atoms in total. The molecule has 0 saturated carbocycles. The van der Waals surface area contributed by atoms with Crippen molar-refractivity contribution in [3.8, 4) is 11.5 Å². The molecule has 1 aliphatic rings. The van der Waals surface area contributed by atoms with Crippen molar-refractivity contribution in [2.24, 2.45) is 0 Å². The van der Waals surface area contributed by atoms with Gasteiger partial charge in [0.15, 0.2) is 7.14 Å². The fraction of sp³-hybridized carbons (Fsp3) is 0. The highest BCUT2D eigenvalue weighted by Crippen LogP contribution is 2.45. The van der Waals surface area contributed by atoms with E-state index in [1.54, 1.807) is 0 Å². The highest BCUT2D eigenvalue weighted by atomic mass is 31.2. The van der Waals surface area contributed by atoms with Crippen molar-refractivity contribution in [3.63, 3.8) is 0 Å². The molecule has 0 amide bonds. The predicted molar refractivity (Wildman–Crippen MR) is 146 cm³/mol. The fourth-order valence-electron chi connectivity index (χ4n) is 4.65. The summed E-state index contributed by atoms with van der Waals surface area (Å²) in [5, 5.41) is 2.50. The fourth-order valence-corrected chi connectivity index (χ4v) is 7.29. The molecule has 0 aliphatic carbocycles. The Morgan fingerprint density at radius 1 is 0.486 bits per heavy atom. The first kappa shape index (κ1) is 21.4. The quantitative estimate of drug-likeness (QED) is 0.259. The number of rotatable bonds is 4. The first-order valence-electron chi connectivity index (χ1n) is 11.6. The molecule has 35 heavy (non-hydrogen) atoms. The van der Waals surface area contributed by atoms with Gasteiger partial charge in [0.1, 0.15) is 11.5 Å². The van der Waals surface area contributed by atoms with E-state index in [9.17, 15) is 4.57 Å². The molecule has 0 atom stereocenters. The van der Waals surface area contributed by atoms with Crippen molar-refractivity contribution in [3.05, 3.63) is 150 Å². The van der Waals surface area contributed by atoms with Gasteiger partial charge in [0.2, 0.25) is 0 Å². The summed E-state index contributed by atoms with van der Waals surface area (Å²) in [7, 11) is -2.99. The minimum absolute atomic E-state index is 0.824. The van der Waals surface area contributed by atoms with Crippen molar-refractivity contribution in [1.82, 2.24) is 0 Å². The Morgan fingerprint density at radius 3 is 1.43 bits per heavy atom. The smallest absolute Gasteiger partial charge is 0.171 e. The zero-order valence-corrected chi connectivity index (χ0v) is 19.9. The van der Waals surface area contributed by atoms with Gasteiger partial charge in [-0.2, -0.15) is 0 Å². The van der Waals surface area contributed by atoms with Crippen LogP contribution in [0, 0.1) is 0 Å². The Balaban J connectivity index is 1.46. The first-order chi connectivity index (χ1) is 17.2. The van der Waals surface area contributed by atoms with Crippen LogP contribution in [0.25, 0.3) is 11.6 Å². The Kier molecular flexibility index (Phi) is 5.45. The molecule has 0 N–H and O–H groups in total. The second-order valence-corrected chi connectivity index (χ2v) is 11.3. The van der Waals surface area contributed by atoms with Crippen molar-refractivity contribution < 1.29 is 9.30 Å². The molecule has 0 saturated heterocycles. The summed E-state index contributed by atoms with van der Waals surface area (Å²) in [6.07, 6.45) is 2.18. The molecular weight excluding hydrogens is 447 g/mol. The Morgan fingerprint density at radius 2 is 0.914 bits per heavy atom. The molecule has 0 radical (unpaired) electrons. The second kappa shape index (κ2) is 8.91. The first-order valence-corrected chi connectivity index (χ1v) is 13.3. The molecule has 0 bridgehead atoms. The summed E-state index contributed by atoms with van der Waals surface area (Å²) in [4.78, 5) is 0. The van der Waals surface area contributed by atoms with E-state index >= 15 is 0 Å². The lowest BCUT2D eigenvalue weighted by Crippen LogP contribution is -2.24. The topological polar surface area (TPSA) is 26.3 Å². The molecule has 0 unspecified atom stereocenters. The SMILES string of the molecule is O=P(c1ccccc1)(c1ccccc1)c1ccc(C=C2c3ccccc3Oc3ccccc32)cc1. The summed E-state index contributed by atoms with van der Waals surface area (Å²) < 4.78 is 20.7. The Hall–Kier alpha value is -4.13. The van der Waals surface area contributed by atoms with Gasteiger partial charge < -0.3 is 9.30 Å². The molecule has 1 aliphatic heterocycles. The molecule has 0 spiro atoms. The van der Waals surface area contributed by atoms with E-state index in [2.05, 4.69) is 30.3 Å². The van der Waals surface area contributed by atoms with Crippen LogP contribution in [-0.4, -0.2) is 0 Å². The van der Waals surface area contributed by atoms with Gasteiger partial charge in [-0.25, -0.2) is 0 Å². The van der Waals surface area contributed by atoms with E-state index < -0.39 is 7.14 Å². The normalized spacial score (nSPS) is 12.3. The molecule has 168 valence electrons. The number of ether oxygens (including phenoxy) is 1. The Labute approximate surface area is 205 Å². The van der Waals surface area contributed by atoms with Crippen molar-refractivity contribution >= 4 is 34.7 Å². The molecule has 6 rings (SSSR count). The van der Waals surface area contributed by atoms with Crippen LogP contribution in [0.4, 0.5) is 0 Å². The molecular formula is C32H23O2P. The molecule has 0 aromatic heterocycles. The lowest BCUT2D eigenvalue weighted by molar-refractivity contribution is 0.474. The van der Waals surface area contributed by atoms with Crippen molar-refractivity contribution in [1.29, 1.82) is 0 Å². The molecule has 0 fully saturated rings. The maximum atomic E-state index is 14.6. The average molecular weight is 471 g/mol. The molecule has 5 aromatic rings. The van der Waals surface area contributed by atoms with E-state index in [0.717, 1.165) is 49.7 Å². The second-order valence-electron chi connectivity index (χ2n) is 8.52. The van der Waals surface area contributed by atoms with Crippen molar-refractivity contribution in [2.45, 2.75) is 0 Å². The highest BCUT2D eigenvalue weighted by molar-refractivity contribution is 7.85. The van der Waals surface area contributed by atoms with Crippen LogP contribution in [0.15, 0.2) is 133 Å². The minimum atomic E-state index is -2.99. The maximum absolute atomic E-state index is 14.6. The van der Waals surface area contributed by atoms with E-state index in [-0.39, 0.29) is 0 Å². The van der Waals surface area contributed by atoms with Crippen LogP contribution in [0.3, 0.4) is 0 Å². The molecule has 1 heterocycles. The molecule has 3 heteroatoms. The van der Waals surface area contributed by atoms with Crippen LogP contribution in [0.2, 0.25) is 0 Å². The van der Waals surface area contributed by atoms with Gasteiger partial charge in [-0.05, 0) is 29.3 Å². The lowest BCUT2D eigenvalue weighted by Gasteiger charge is -2.23. The number of benzene rings is 5. The monoisotopic (exact) mass is 470 g/mol. The van der Waals surface area contributed by atoms with Gasteiger partial charge in [-0.1, -0.05) is 121 Å². The van der Waals surface area contributed by atoms with Gasteiger partial charge in [-0.15, -0.1) is 0 Å². The zero-order valence-electron chi connectivity index (χ0n) is 19.0. The summed E-state index contributed by atoms with van der Waals surface area (Å²) in [6, 6.07) is 43.9. The predicted octanol–water partition coefficient (Wildman–Crippen LogP) is 7.02. The molecule has 5 aromatic carbocycles. The largest absolute Gasteiger partial charge is 0.456 e. The van der Waals surface area contributed by atoms with E-state index in [0.29, 0.717) is 0 Å². The maximum Gasteiger partial charge on any atom is 0.171 e. The van der Waals surface area contributed by atoms with Crippen LogP contribution in [0.5, 0.6) is 11.5 Å². The van der Waals surface area contributed by atoms with Gasteiger partial charge >= 0.3 is 0 Å². The summed E-state index contributed by atoms with van der Waals surface area (Å²) in [6.45, 7) is 0. The summed E-state index contributed by atoms with van der Waals surface area (Å²) in [5.74, 6) is 1.71. The standard InChI is InChI=1S/C32H23O2P/c33-35(25-11-3-1-4-12-25,26-13-5-2-6-14-26)27-21-19-24(20-22-27)23-30-28-15-7-9-17-31(28)34-32-18-10-8-16-29(30)32/h1-23H. The van der Waals surface area contributed by atoms with Crippen molar-refractivity contribution in [2.75, 3.05) is 0 Å². The number of hydrogen-bond acceptors (Lipinski definition) is 2. The summed E-state index contributed by atoms with van der Waals surface area (Å²) >= 11 is 0. The zero-order chi connectivity index (χ0) is 23.7. The number of hydrogen-bond donors (Lipinski definition) is 0. The minimum Gasteiger partial charge on any atom is -0.456 e. The lowest BCUT2D eigenvalue weighted by atomic mass is 9.92. The van der Waals surface area contributed by atoms with Crippen LogP contribution >= 0.6 is 7.14 Å². The van der Waals surface area contributed by atoms with E-state index in [4.69, 9.17) is 4.74 Å². The summed E-state index contributed by atoms with van der Waals surface area (Å²) in [5.41, 5.74) is 4.29. The van der Waals surface area contributed by atoms with Gasteiger partial charge in [0.25, 0.3) is 0 Å². The number of para-hydroxylation sites is 2. The third-order valence-corrected chi connectivity index (χ3v) is 9.46. The van der Waals surface area contributed by atoms with Crippen LogP contribution in [-0.2, 0) is 4.57 Å². The average Bonchev–Trinajstić information content (AvgIpc) is 2.94. The van der Waals surface area contributed by atoms with Gasteiger partial charge in [0, 0.05) is 27.0 Å².